The number of alkyl halides is 9. The molecule has 2 aliphatic rings. The summed E-state index contributed by atoms with van der Waals surface area (Å²) < 4.78 is 125. The highest BCUT2D eigenvalue weighted by atomic mass is 19.4. The van der Waals surface area contributed by atoms with Gasteiger partial charge in [0, 0.05) is 30.1 Å². The van der Waals surface area contributed by atoms with Crippen LogP contribution < -0.4 is 15.5 Å². The summed E-state index contributed by atoms with van der Waals surface area (Å²) in [5, 5.41) is 11.8. The first-order chi connectivity index (χ1) is 22.8. The van der Waals surface area contributed by atoms with E-state index < -0.39 is 77.2 Å². The molecule has 0 spiro atoms. The third-order valence-corrected chi connectivity index (χ3v) is 9.15. The lowest BCUT2D eigenvalue weighted by Crippen LogP contribution is -2.50. The third kappa shape index (κ3) is 7.61. The van der Waals surface area contributed by atoms with Crippen molar-refractivity contribution in [2.45, 2.75) is 82.6 Å². The summed E-state index contributed by atoms with van der Waals surface area (Å²) >= 11 is 0. The minimum atomic E-state index is -5.14. The number of hydrogen-bond acceptors (Lipinski definition) is 6. The number of carbonyl (C=O) groups is 2. The van der Waals surface area contributed by atoms with Gasteiger partial charge in [0.1, 0.15) is 0 Å². The molecule has 3 aromatic rings. The van der Waals surface area contributed by atoms with Crippen molar-refractivity contribution < 1.29 is 49.1 Å². The Labute approximate surface area is 274 Å². The van der Waals surface area contributed by atoms with Crippen LogP contribution >= 0.6 is 0 Å². The number of rotatable bonds is 7. The fraction of sp³-hybridized carbons (Fsp3) is 0.516. The van der Waals surface area contributed by atoms with Crippen LogP contribution in [0.1, 0.15) is 79.3 Å². The number of aromatic nitrogens is 4. The second-order valence-electron chi connectivity index (χ2n) is 12.4. The number of halogens is 9. The maximum atomic E-state index is 14.1. The normalized spacial score (nSPS) is 21.7. The first-order valence-electron chi connectivity index (χ1n) is 15.4. The Morgan fingerprint density at radius 1 is 0.857 bits per heavy atom. The molecular formula is C31H32F9N7O2. The van der Waals surface area contributed by atoms with Crippen LogP contribution in [0.3, 0.4) is 0 Å². The van der Waals surface area contributed by atoms with E-state index in [1.54, 1.807) is 6.92 Å². The summed E-state index contributed by atoms with van der Waals surface area (Å²) in [6.07, 6.45) is -13.5. The monoisotopic (exact) mass is 705 g/mol. The van der Waals surface area contributed by atoms with Gasteiger partial charge in [0.2, 0.25) is 11.8 Å². The number of hydrogen-bond donors (Lipinski definition) is 1. The van der Waals surface area contributed by atoms with E-state index in [0.29, 0.717) is 44.2 Å². The molecular weight excluding hydrogens is 673 g/mol. The molecule has 1 aliphatic carbocycles. The van der Waals surface area contributed by atoms with Crippen molar-refractivity contribution in [2.75, 3.05) is 9.80 Å². The van der Waals surface area contributed by atoms with Gasteiger partial charge in [-0.15, -0.1) is 5.10 Å². The summed E-state index contributed by atoms with van der Waals surface area (Å²) in [5.41, 5.74) is 0.823. The number of amides is 2. The lowest BCUT2D eigenvalue weighted by molar-refractivity contribution is -0.143. The maximum Gasteiger partial charge on any atom is 0.416 e. The van der Waals surface area contributed by atoms with E-state index in [0.717, 1.165) is 23.0 Å². The van der Waals surface area contributed by atoms with Crippen molar-refractivity contribution in [3.63, 3.8) is 0 Å². The number of nitrogens with zero attached hydrogens (tertiary/aromatic N) is 6. The van der Waals surface area contributed by atoms with Gasteiger partial charge < -0.3 is 15.5 Å². The highest BCUT2D eigenvalue weighted by Gasteiger charge is 2.44. The molecule has 266 valence electrons. The average Bonchev–Trinajstić information content (AvgIpc) is 3.46. The van der Waals surface area contributed by atoms with Crippen LogP contribution in [0.4, 0.5) is 51.1 Å². The summed E-state index contributed by atoms with van der Waals surface area (Å²) in [4.78, 5) is 29.4. The molecule has 1 saturated carbocycles. The summed E-state index contributed by atoms with van der Waals surface area (Å²) in [5.74, 6) is -2.07. The topological polar surface area (TPSA) is 110 Å². The smallest absolute Gasteiger partial charge is 0.369 e. The fourth-order valence-electron chi connectivity index (χ4n) is 6.69. The van der Waals surface area contributed by atoms with Crippen molar-refractivity contribution in [2.24, 2.45) is 24.6 Å². The zero-order chi connectivity index (χ0) is 36.1. The Bertz CT molecular complexity index is 1660. The molecule has 49 heavy (non-hydrogen) atoms. The van der Waals surface area contributed by atoms with Crippen LogP contribution in [-0.4, -0.2) is 38.1 Å². The molecule has 2 N–H and O–H groups in total. The van der Waals surface area contributed by atoms with Crippen molar-refractivity contribution >= 4 is 23.5 Å². The molecule has 0 bridgehead atoms. The van der Waals surface area contributed by atoms with Crippen molar-refractivity contribution in [1.82, 2.24) is 20.2 Å². The summed E-state index contributed by atoms with van der Waals surface area (Å²) in [7, 11) is 1.36. The van der Waals surface area contributed by atoms with Gasteiger partial charge >= 0.3 is 18.5 Å². The molecule has 0 unspecified atom stereocenters. The highest BCUT2D eigenvalue weighted by Crippen LogP contribution is 2.47. The van der Waals surface area contributed by atoms with Crippen LogP contribution in [0.5, 0.6) is 0 Å². The van der Waals surface area contributed by atoms with E-state index >= 15 is 0 Å². The van der Waals surface area contributed by atoms with Crippen molar-refractivity contribution in [1.29, 1.82) is 0 Å². The van der Waals surface area contributed by atoms with E-state index in [4.69, 9.17) is 5.73 Å². The SMILES string of the molecule is CC[C@@H]1C[C@H](N(Cc2cc(C(F)(F)F)cc(C(F)(F)F)c2)c2nnn(C)n2)c2cc(C(F)(F)F)ccc2N1C(=O)C1CCC(C(N)=O)CC1. The molecule has 5 rings (SSSR count). The number of benzene rings is 2. The molecule has 0 saturated heterocycles. The van der Waals surface area contributed by atoms with Crippen LogP contribution in [0.15, 0.2) is 36.4 Å². The summed E-state index contributed by atoms with van der Waals surface area (Å²) in [6, 6.07) is 2.03. The number of primary amides is 1. The lowest BCUT2D eigenvalue weighted by atomic mass is 9.79. The van der Waals surface area contributed by atoms with Crippen LogP contribution in [-0.2, 0) is 41.7 Å². The Morgan fingerprint density at radius 2 is 1.43 bits per heavy atom. The average molecular weight is 706 g/mol. The summed E-state index contributed by atoms with van der Waals surface area (Å²) in [6.45, 7) is 1.06. The number of nitrogens with two attached hydrogens (primary N) is 1. The molecule has 18 heteroatoms. The molecule has 1 aliphatic heterocycles. The van der Waals surface area contributed by atoms with Gasteiger partial charge in [-0.3, -0.25) is 9.59 Å². The molecule has 2 atom stereocenters. The number of aryl methyl sites for hydroxylation is 1. The third-order valence-electron chi connectivity index (χ3n) is 9.15. The number of carbonyl (C=O) groups excluding carboxylic acids is 2. The van der Waals surface area contributed by atoms with Crippen molar-refractivity contribution in [3.8, 4) is 0 Å². The Hall–Kier alpha value is -4.38. The molecule has 2 heterocycles. The lowest BCUT2D eigenvalue weighted by Gasteiger charge is -2.46. The van der Waals surface area contributed by atoms with E-state index in [9.17, 15) is 49.1 Å². The molecule has 2 amide bonds. The van der Waals surface area contributed by atoms with E-state index in [-0.39, 0.29) is 35.6 Å². The number of tetrazole rings is 1. The molecule has 9 nitrogen and oxygen atoms in total. The quantitative estimate of drug-likeness (QED) is 0.270. The van der Waals surface area contributed by atoms with Gasteiger partial charge in [-0.05, 0) is 91.3 Å². The minimum Gasteiger partial charge on any atom is -0.369 e. The van der Waals surface area contributed by atoms with Gasteiger partial charge in [-0.2, -0.15) is 44.3 Å². The molecule has 0 radical (unpaired) electrons. The molecule has 2 aromatic carbocycles. The van der Waals surface area contributed by atoms with Gasteiger partial charge in [-0.1, -0.05) is 12.0 Å². The Balaban J connectivity index is 1.64. The van der Waals surface area contributed by atoms with Crippen LogP contribution in [0.2, 0.25) is 0 Å². The first kappa shape index (κ1) is 35.9. The first-order valence-corrected chi connectivity index (χ1v) is 15.4. The van der Waals surface area contributed by atoms with Crippen LogP contribution in [0.25, 0.3) is 0 Å². The Kier molecular flexibility index (Phi) is 9.64. The van der Waals surface area contributed by atoms with Crippen LogP contribution in [0, 0.1) is 11.8 Å². The standard InChI is InChI=1S/C31H32F9N7O2/c1-3-22-14-25(46(28-42-44-45(2)43-28)15-16-10-20(30(35,36)37)12-21(11-16)31(38,39)40)23-13-19(29(32,33)34)8-9-24(23)47(22)27(49)18-6-4-17(5-7-18)26(41)48/h8-13,17-18,22,25H,3-7,14-15H2,1-2H3,(H2,41,48)/t17?,18?,22-,25+/m1/s1. The van der Waals surface area contributed by atoms with Gasteiger partial charge in [0.05, 0.1) is 29.8 Å². The Morgan fingerprint density at radius 3 is 1.92 bits per heavy atom. The zero-order valence-electron chi connectivity index (χ0n) is 26.2. The predicted molar refractivity (Wildman–Crippen MR) is 156 cm³/mol. The number of anilines is 2. The van der Waals surface area contributed by atoms with E-state index in [1.165, 1.54) is 16.8 Å². The van der Waals surface area contributed by atoms with Crippen molar-refractivity contribution in [3.05, 3.63) is 64.2 Å². The second kappa shape index (κ2) is 13.2. The fourth-order valence-corrected chi connectivity index (χ4v) is 6.69. The van der Waals surface area contributed by atoms with Gasteiger partial charge in [-0.25, -0.2) is 0 Å². The highest BCUT2D eigenvalue weighted by molar-refractivity contribution is 5.97. The predicted octanol–water partition coefficient (Wildman–Crippen LogP) is 6.82. The van der Waals surface area contributed by atoms with Gasteiger partial charge in [0.25, 0.3) is 5.95 Å². The maximum absolute atomic E-state index is 14.1. The zero-order valence-corrected chi connectivity index (χ0v) is 26.2. The molecule has 1 aromatic heterocycles. The second-order valence-corrected chi connectivity index (χ2v) is 12.4. The number of fused-ring (bicyclic) bond motifs is 1. The van der Waals surface area contributed by atoms with E-state index in [2.05, 4.69) is 15.4 Å². The molecule has 1 fully saturated rings. The minimum absolute atomic E-state index is 0.0204. The van der Waals surface area contributed by atoms with E-state index in [1.807, 2.05) is 0 Å². The largest absolute Gasteiger partial charge is 0.416 e. The van der Waals surface area contributed by atoms with Gasteiger partial charge in [0.15, 0.2) is 0 Å².